The van der Waals surface area contributed by atoms with Crippen LogP contribution in [0.3, 0.4) is 0 Å². The van der Waals surface area contributed by atoms with Crippen molar-refractivity contribution in [2.75, 3.05) is 6.61 Å². The van der Waals surface area contributed by atoms with Crippen molar-refractivity contribution in [2.45, 2.75) is 12.1 Å². The summed E-state index contributed by atoms with van der Waals surface area (Å²) in [5.41, 5.74) is 0.815. The number of carbonyl (C=O) groups is 2. The summed E-state index contributed by atoms with van der Waals surface area (Å²) in [4.78, 5) is 24.9. The average molecular weight is 296 g/mol. The predicted molar refractivity (Wildman–Crippen MR) is 77.0 cm³/mol. The highest BCUT2D eigenvalue weighted by Gasteiger charge is 2.44. The molecule has 0 aliphatic carbocycles. The van der Waals surface area contributed by atoms with Crippen molar-refractivity contribution in [1.29, 1.82) is 5.26 Å². The Morgan fingerprint density at radius 1 is 1.32 bits per heavy atom. The van der Waals surface area contributed by atoms with Gasteiger partial charge in [-0.15, -0.1) is 0 Å². The highest BCUT2D eigenvalue weighted by molar-refractivity contribution is 6.12. The van der Waals surface area contributed by atoms with Crippen LogP contribution in [0, 0.1) is 11.3 Å². The molecule has 2 atom stereocenters. The molecule has 2 aromatic rings. The van der Waals surface area contributed by atoms with Gasteiger partial charge in [-0.1, -0.05) is 36.4 Å². The number of nitrogens with zero attached hydrogens (tertiary/aromatic N) is 2. The lowest BCUT2D eigenvalue weighted by Gasteiger charge is -2.25. The summed E-state index contributed by atoms with van der Waals surface area (Å²) in [6, 6.07) is 10.2. The predicted octanol–water partition coefficient (Wildman–Crippen LogP) is 1.31. The van der Waals surface area contributed by atoms with Gasteiger partial charge in [-0.25, -0.2) is 4.79 Å². The minimum atomic E-state index is -1.44. The Bertz CT molecular complexity index is 824. The van der Waals surface area contributed by atoms with E-state index in [1.165, 1.54) is 0 Å². The van der Waals surface area contributed by atoms with Gasteiger partial charge in [0.05, 0.1) is 18.2 Å². The molecular formula is C16H12N2O4. The van der Waals surface area contributed by atoms with Crippen molar-refractivity contribution < 1.29 is 19.8 Å². The van der Waals surface area contributed by atoms with Crippen molar-refractivity contribution in [3.63, 3.8) is 0 Å². The zero-order chi connectivity index (χ0) is 15.9. The molecule has 0 aromatic heterocycles. The number of carboxylic acid groups (broad SMARTS) is 1. The lowest BCUT2D eigenvalue weighted by molar-refractivity contribution is -0.144. The average Bonchev–Trinajstić information content (AvgIpc) is 2.81. The van der Waals surface area contributed by atoms with E-state index >= 15 is 0 Å². The first-order valence-electron chi connectivity index (χ1n) is 6.67. The van der Waals surface area contributed by atoms with Gasteiger partial charge in [0.25, 0.3) is 5.91 Å². The molecule has 1 amide bonds. The van der Waals surface area contributed by atoms with Crippen LogP contribution in [-0.2, 0) is 4.79 Å². The van der Waals surface area contributed by atoms with Crippen LogP contribution >= 0.6 is 0 Å². The zero-order valence-electron chi connectivity index (χ0n) is 11.4. The van der Waals surface area contributed by atoms with Gasteiger partial charge in [-0.2, -0.15) is 5.26 Å². The molecule has 1 heterocycles. The number of nitriles is 1. The number of amides is 1. The van der Waals surface area contributed by atoms with Crippen LogP contribution in [0.5, 0.6) is 0 Å². The van der Waals surface area contributed by atoms with E-state index in [0.29, 0.717) is 16.5 Å². The first kappa shape index (κ1) is 14.0. The molecule has 22 heavy (non-hydrogen) atoms. The normalized spacial score (nSPS) is 18.1. The standard InChI is InChI=1S/C16H12N2O4/c17-7-12-11-6-5-9-3-1-2-4-10(9)14(11)15(20)18(12)13(8-19)16(21)22/h1-6,12-13,19H,8H2,(H,21,22). The van der Waals surface area contributed by atoms with Crippen LogP contribution in [0.25, 0.3) is 10.8 Å². The maximum absolute atomic E-state index is 12.7. The quantitative estimate of drug-likeness (QED) is 0.889. The molecule has 0 spiro atoms. The second-order valence-corrected chi connectivity index (χ2v) is 5.03. The van der Waals surface area contributed by atoms with Crippen LogP contribution in [0.1, 0.15) is 22.0 Å². The molecule has 1 aliphatic rings. The molecule has 0 radical (unpaired) electrons. The lowest BCUT2D eigenvalue weighted by atomic mass is 9.98. The first-order chi connectivity index (χ1) is 10.6. The molecule has 6 heteroatoms. The Morgan fingerprint density at radius 3 is 2.68 bits per heavy atom. The molecule has 0 fully saturated rings. The van der Waals surface area contributed by atoms with Gasteiger partial charge in [0.1, 0.15) is 6.04 Å². The van der Waals surface area contributed by atoms with Crippen LogP contribution in [-0.4, -0.2) is 39.6 Å². The van der Waals surface area contributed by atoms with Crippen molar-refractivity contribution in [3.05, 3.63) is 47.5 Å². The number of fused-ring (bicyclic) bond motifs is 3. The van der Waals surface area contributed by atoms with Crippen LogP contribution in [0.15, 0.2) is 36.4 Å². The van der Waals surface area contributed by atoms with Gasteiger partial charge in [0, 0.05) is 5.56 Å². The number of hydrogen-bond acceptors (Lipinski definition) is 4. The number of aliphatic hydroxyl groups is 1. The SMILES string of the molecule is N#CC1c2ccc3ccccc3c2C(=O)N1C(CO)C(=O)O. The molecular weight excluding hydrogens is 284 g/mol. The van der Waals surface area contributed by atoms with Gasteiger partial charge in [-0.3, -0.25) is 4.79 Å². The highest BCUT2D eigenvalue weighted by atomic mass is 16.4. The number of carboxylic acids is 1. The van der Waals surface area contributed by atoms with Crippen molar-refractivity contribution in [2.24, 2.45) is 0 Å². The summed E-state index contributed by atoms with van der Waals surface area (Å²) >= 11 is 0. The van der Waals surface area contributed by atoms with Crippen LogP contribution in [0.4, 0.5) is 0 Å². The van der Waals surface area contributed by atoms with E-state index in [-0.39, 0.29) is 0 Å². The third kappa shape index (κ3) is 1.84. The first-order valence-corrected chi connectivity index (χ1v) is 6.67. The Kier molecular flexibility index (Phi) is 3.28. The van der Waals surface area contributed by atoms with Gasteiger partial charge in [0.15, 0.2) is 6.04 Å². The second-order valence-electron chi connectivity index (χ2n) is 5.03. The topological polar surface area (TPSA) is 102 Å². The Balaban J connectivity index is 2.24. The van der Waals surface area contributed by atoms with E-state index in [4.69, 9.17) is 0 Å². The van der Waals surface area contributed by atoms with E-state index in [9.17, 15) is 25.1 Å². The minimum Gasteiger partial charge on any atom is -0.480 e. The van der Waals surface area contributed by atoms with Crippen LogP contribution in [0.2, 0.25) is 0 Å². The molecule has 2 N–H and O–H groups in total. The molecule has 0 saturated carbocycles. The van der Waals surface area contributed by atoms with E-state index in [1.54, 1.807) is 24.3 Å². The van der Waals surface area contributed by atoms with E-state index in [2.05, 4.69) is 0 Å². The highest BCUT2D eigenvalue weighted by Crippen LogP contribution is 2.38. The van der Waals surface area contributed by atoms with Gasteiger partial charge < -0.3 is 15.1 Å². The summed E-state index contributed by atoms with van der Waals surface area (Å²) in [5, 5.41) is 29.4. The van der Waals surface area contributed by atoms with Crippen molar-refractivity contribution in [1.82, 2.24) is 4.90 Å². The summed E-state index contributed by atoms with van der Waals surface area (Å²) in [6.45, 7) is -0.745. The van der Waals surface area contributed by atoms with E-state index in [0.717, 1.165) is 10.3 Å². The molecule has 0 bridgehead atoms. The maximum Gasteiger partial charge on any atom is 0.328 e. The fourth-order valence-corrected chi connectivity index (χ4v) is 2.89. The van der Waals surface area contributed by atoms with Crippen LogP contribution < -0.4 is 0 Å². The molecule has 0 saturated heterocycles. The molecule has 2 unspecified atom stereocenters. The number of aliphatic carboxylic acids is 1. The second kappa shape index (κ2) is 5.13. The largest absolute Gasteiger partial charge is 0.480 e. The fourth-order valence-electron chi connectivity index (χ4n) is 2.89. The smallest absolute Gasteiger partial charge is 0.328 e. The van der Waals surface area contributed by atoms with E-state index in [1.807, 2.05) is 18.2 Å². The molecule has 110 valence electrons. The minimum absolute atomic E-state index is 0.337. The summed E-state index contributed by atoms with van der Waals surface area (Å²) in [6.07, 6.45) is 0. The monoisotopic (exact) mass is 296 g/mol. The number of aliphatic hydroxyl groups excluding tert-OH is 1. The van der Waals surface area contributed by atoms with E-state index < -0.39 is 30.6 Å². The molecule has 3 rings (SSSR count). The Morgan fingerprint density at radius 2 is 2.05 bits per heavy atom. The Labute approximate surface area is 125 Å². The number of rotatable bonds is 3. The summed E-state index contributed by atoms with van der Waals surface area (Å²) in [5.74, 6) is -1.88. The lowest BCUT2D eigenvalue weighted by Crippen LogP contribution is -2.45. The maximum atomic E-state index is 12.7. The molecule has 6 nitrogen and oxygen atoms in total. The van der Waals surface area contributed by atoms with Gasteiger partial charge in [0.2, 0.25) is 0 Å². The molecule has 1 aliphatic heterocycles. The van der Waals surface area contributed by atoms with Gasteiger partial charge >= 0.3 is 5.97 Å². The third-order valence-corrected chi connectivity index (χ3v) is 3.90. The number of benzene rings is 2. The van der Waals surface area contributed by atoms with Crippen molar-refractivity contribution >= 4 is 22.6 Å². The molecule has 2 aromatic carbocycles. The van der Waals surface area contributed by atoms with Gasteiger partial charge in [-0.05, 0) is 10.8 Å². The fraction of sp³-hybridized carbons (Fsp3) is 0.188. The Hall–Kier alpha value is -2.91. The zero-order valence-corrected chi connectivity index (χ0v) is 11.4. The van der Waals surface area contributed by atoms with Crippen molar-refractivity contribution in [3.8, 4) is 6.07 Å². The number of carbonyl (C=O) groups excluding carboxylic acids is 1. The number of hydrogen-bond donors (Lipinski definition) is 2. The summed E-state index contributed by atoms with van der Waals surface area (Å²) < 4.78 is 0. The summed E-state index contributed by atoms with van der Waals surface area (Å²) in [7, 11) is 0. The third-order valence-electron chi connectivity index (χ3n) is 3.90.